The average Bonchev–Trinajstić information content (AvgIpc) is 2.91. The summed E-state index contributed by atoms with van der Waals surface area (Å²) in [6, 6.07) is 2.45. The molecule has 1 fully saturated rings. The van der Waals surface area contributed by atoms with Crippen LogP contribution in [0, 0.1) is 11.3 Å². The minimum Gasteiger partial charge on any atom is -0.293 e. The lowest BCUT2D eigenvalue weighted by Gasteiger charge is -2.38. The largest absolute Gasteiger partial charge is 0.293 e. The maximum Gasteiger partial charge on any atom is 0.102 e. The van der Waals surface area contributed by atoms with E-state index in [2.05, 4.69) is 26.3 Å². The van der Waals surface area contributed by atoms with Gasteiger partial charge >= 0.3 is 0 Å². The van der Waals surface area contributed by atoms with E-state index in [1.807, 2.05) is 11.7 Å². The Kier molecular flexibility index (Phi) is 2.57. The summed E-state index contributed by atoms with van der Waals surface area (Å²) in [6.45, 7) is 2.68. The van der Waals surface area contributed by atoms with Crippen molar-refractivity contribution >= 4 is 0 Å². The topological polar surface area (TPSA) is 75.6 Å². The first-order chi connectivity index (χ1) is 8.74. The van der Waals surface area contributed by atoms with E-state index in [-0.39, 0.29) is 0 Å². The van der Waals surface area contributed by atoms with Crippen LogP contribution in [0.25, 0.3) is 0 Å². The number of nitriles is 1. The first-order valence-corrected chi connectivity index (χ1v) is 5.76. The van der Waals surface area contributed by atoms with Crippen molar-refractivity contribution in [3.8, 4) is 6.07 Å². The van der Waals surface area contributed by atoms with Crippen LogP contribution in [0.15, 0.2) is 18.6 Å². The lowest BCUT2D eigenvalue weighted by Crippen LogP contribution is -2.47. The Morgan fingerprint density at radius 1 is 1.39 bits per heavy atom. The molecule has 7 heteroatoms. The second kappa shape index (κ2) is 4.23. The van der Waals surface area contributed by atoms with Crippen molar-refractivity contribution in [1.29, 1.82) is 5.26 Å². The summed E-state index contributed by atoms with van der Waals surface area (Å²) >= 11 is 0. The van der Waals surface area contributed by atoms with E-state index in [9.17, 15) is 0 Å². The highest BCUT2D eigenvalue weighted by molar-refractivity contribution is 5.22. The molecule has 92 valence electrons. The third-order valence-corrected chi connectivity index (χ3v) is 3.08. The van der Waals surface area contributed by atoms with Gasteiger partial charge < -0.3 is 0 Å². The Hall–Kier alpha value is -2.20. The normalized spacial score (nSPS) is 16.4. The van der Waals surface area contributed by atoms with E-state index in [1.54, 1.807) is 23.4 Å². The van der Waals surface area contributed by atoms with Crippen molar-refractivity contribution in [3.05, 3.63) is 29.8 Å². The maximum absolute atomic E-state index is 8.74. The van der Waals surface area contributed by atoms with Gasteiger partial charge in [-0.25, -0.2) is 0 Å². The van der Waals surface area contributed by atoms with Crippen LogP contribution < -0.4 is 0 Å². The van der Waals surface area contributed by atoms with E-state index in [1.165, 1.54) is 0 Å². The van der Waals surface area contributed by atoms with Crippen molar-refractivity contribution in [2.75, 3.05) is 13.1 Å². The number of likely N-dealkylation sites (tertiary alicyclic amines) is 1. The molecule has 2 aromatic heterocycles. The number of aryl methyl sites for hydroxylation is 1. The molecular formula is C11H13N7. The molecule has 0 aromatic carbocycles. The Balaban J connectivity index is 1.55. The zero-order valence-electron chi connectivity index (χ0n) is 10.1. The van der Waals surface area contributed by atoms with Gasteiger partial charge in [-0.3, -0.25) is 9.58 Å². The summed E-state index contributed by atoms with van der Waals surface area (Å²) in [5, 5.41) is 21.2. The fourth-order valence-corrected chi connectivity index (χ4v) is 2.12. The van der Waals surface area contributed by atoms with Crippen molar-refractivity contribution in [1.82, 2.24) is 29.7 Å². The predicted molar refractivity (Wildman–Crippen MR) is 62.3 cm³/mol. The quantitative estimate of drug-likeness (QED) is 0.755. The molecule has 1 aliphatic heterocycles. The molecule has 0 spiro atoms. The van der Waals surface area contributed by atoms with Crippen LogP contribution in [0.2, 0.25) is 0 Å². The minimum absolute atomic E-state index is 0.365. The molecule has 0 aliphatic carbocycles. The fraction of sp³-hybridized carbons (Fsp3) is 0.455. The van der Waals surface area contributed by atoms with E-state index in [0.29, 0.717) is 11.6 Å². The van der Waals surface area contributed by atoms with E-state index < -0.39 is 0 Å². The van der Waals surface area contributed by atoms with E-state index in [4.69, 9.17) is 5.26 Å². The van der Waals surface area contributed by atoms with Crippen molar-refractivity contribution < 1.29 is 0 Å². The number of aromatic nitrogens is 5. The third-order valence-electron chi connectivity index (χ3n) is 3.08. The Labute approximate surface area is 104 Å². The van der Waals surface area contributed by atoms with Gasteiger partial charge in [0.15, 0.2) is 0 Å². The van der Waals surface area contributed by atoms with Crippen LogP contribution in [0.3, 0.4) is 0 Å². The first-order valence-electron chi connectivity index (χ1n) is 5.76. The van der Waals surface area contributed by atoms with Crippen molar-refractivity contribution in [2.45, 2.75) is 12.6 Å². The molecule has 0 bridgehead atoms. The van der Waals surface area contributed by atoms with Gasteiger partial charge in [0.1, 0.15) is 6.07 Å². The second-order valence-corrected chi connectivity index (χ2v) is 4.49. The molecule has 0 amide bonds. The molecule has 7 nitrogen and oxygen atoms in total. The minimum atomic E-state index is 0.365. The number of nitrogens with zero attached hydrogens (tertiary/aromatic N) is 7. The smallest absolute Gasteiger partial charge is 0.102 e. The molecule has 3 heterocycles. The Morgan fingerprint density at radius 2 is 2.22 bits per heavy atom. The molecule has 1 saturated heterocycles. The van der Waals surface area contributed by atoms with Gasteiger partial charge in [-0.15, -0.1) is 0 Å². The van der Waals surface area contributed by atoms with Gasteiger partial charge in [-0.2, -0.15) is 25.4 Å². The highest BCUT2D eigenvalue weighted by atomic mass is 15.5. The summed E-state index contributed by atoms with van der Waals surface area (Å²) in [5.41, 5.74) is 1.59. The maximum atomic E-state index is 8.74. The highest BCUT2D eigenvalue weighted by Crippen LogP contribution is 2.22. The lowest BCUT2D eigenvalue weighted by molar-refractivity contribution is 0.0893. The highest BCUT2D eigenvalue weighted by Gasteiger charge is 2.29. The zero-order chi connectivity index (χ0) is 12.5. The molecule has 0 unspecified atom stereocenters. The van der Waals surface area contributed by atoms with Crippen LogP contribution in [-0.2, 0) is 13.6 Å². The molecule has 0 radical (unpaired) electrons. The van der Waals surface area contributed by atoms with Crippen molar-refractivity contribution in [3.63, 3.8) is 0 Å². The molecule has 1 aliphatic rings. The van der Waals surface area contributed by atoms with Crippen LogP contribution in [0.5, 0.6) is 0 Å². The standard InChI is InChI=1S/C11H13N7/c1-16-13-4-10(15-16)6-17-7-11(8-17)18-5-9(2-12)3-14-18/h3-5,11H,6-8H2,1H3. The van der Waals surface area contributed by atoms with Gasteiger partial charge in [-0.1, -0.05) is 0 Å². The molecule has 2 aromatic rings. The lowest BCUT2D eigenvalue weighted by atomic mass is 10.1. The number of hydrogen-bond acceptors (Lipinski definition) is 5. The predicted octanol–water partition coefficient (Wildman–Crippen LogP) is -0.0598. The summed E-state index contributed by atoms with van der Waals surface area (Å²) in [5.74, 6) is 0. The average molecular weight is 243 g/mol. The first kappa shape index (κ1) is 10.9. The van der Waals surface area contributed by atoms with Crippen LogP contribution >= 0.6 is 0 Å². The summed E-state index contributed by atoms with van der Waals surface area (Å²) in [7, 11) is 1.82. The molecule has 0 saturated carbocycles. The monoisotopic (exact) mass is 243 g/mol. The van der Waals surface area contributed by atoms with Gasteiger partial charge in [0.25, 0.3) is 0 Å². The summed E-state index contributed by atoms with van der Waals surface area (Å²) in [4.78, 5) is 3.85. The van der Waals surface area contributed by atoms with Gasteiger partial charge in [0.05, 0.1) is 29.7 Å². The molecule has 0 atom stereocenters. The van der Waals surface area contributed by atoms with Gasteiger partial charge in [0.2, 0.25) is 0 Å². The third kappa shape index (κ3) is 1.98. The van der Waals surface area contributed by atoms with E-state index >= 15 is 0 Å². The second-order valence-electron chi connectivity index (χ2n) is 4.49. The number of hydrogen-bond donors (Lipinski definition) is 0. The number of rotatable bonds is 3. The molecular weight excluding hydrogens is 230 g/mol. The SMILES string of the molecule is Cn1ncc(CN2CC(n3cc(C#N)cn3)C2)n1. The zero-order valence-corrected chi connectivity index (χ0v) is 10.1. The van der Waals surface area contributed by atoms with Crippen LogP contribution in [0.4, 0.5) is 0 Å². The Bertz CT molecular complexity index is 585. The molecule has 18 heavy (non-hydrogen) atoms. The van der Waals surface area contributed by atoms with Crippen molar-refractivity contribution in [2.24, 2.45) is 7.05 Å². The summed E-state index contributed by atoms with van der Waals surface area (Å²) in [6.07, 6.45) is 5.19. The van der Waals surface area contributed by atoms with Gasteiger partial charge in [-0.05, 0) is 0 Å². The molecule has 0 N–H and O–H groups in total. The van der Waals surface area contributed by atoms with Gasteiger partial charge in [0, 0.05) is 32.9 Å². The fourth-order valence-electron chi connectivity index (χ4n) is 2.12. The summed E-state index contributed by atoms with van der Waals surface area (Å²) < 4.78 is 1.87. The Morgan fingerprint density at radius 3 is 2.83 bits per heavy atom. The van der Waals surface area contributed by atoms with Crippen LogP contribution in [0.1, 0.15) is 17.3 Å². The van der Waals surface area contributed by atoms with E-state index in [0.717, 1.165) is 25.3 Å². The van der Waals surface area contributed by atoms with Crippen LogP contribution in [-0.4, -0.2) is 42.8 Å². The molecule has 3 rings (SSSR count).